The highest BCUT2D eigenvalue weighted by atomic mass is 16.6. The predicted molar refractivity (Wildman–Crippen MR) is 87.3 cm³/mol. The van der Waals surface area contributed by atoms with Gasteiger partial charge >= 0.3 is 0 Å². The van der Waals surface area contributed by atoms with Crippen LogP contribution in [0.1, 0.15) is 17.0 Å². The second-order valence-electron chi connectivity index (χ2n) is 5.68. The molecule has 0 aliphatic carbocycles. The fraction of sp³-hybridized carbons (Fsp3) is 0.278. The summed E-state index contributed by atoms with van der Waals surface area (Å²) in [6.45, 7) is 5.69. The average Bonchev–Trinajstić information content (AvgIpc) is 2.95. The van der Waals surface area contributed by atoms with Gasteiger partial charge in [0.2, 0.25) is 0 Å². The second kappa shape index (κ2) is 5.50. The number of nitrogens with zero attached hydrogens (tertiary/aromatic N) is 1. The van der Waals surface area contributed by atoms with Crippen LogP contribution in [0, 0.1) is 13.8 Å². The molecule has 118 valence electrons. The summed E-state index contributed by atoms with van der Waals surface area (Å²) in [5.41, 5.74) is 4.15. The fourth-order valence-electron chi connectivity index (χ4n) is 2.69. The topological polar surface area (TPSA) is 56.4 Å². The first-order valence-electron chi connectivity index (χ1n) is 7.68. The lowest BCUT2D eigenvalue weighted by molar-refractivity contribution is 0.172. The van der Waals surface area contributed by atoms with E-state index >= 15 is 0 Å². The minimum absolute atomic E-state index is 0.394. The molecule has 0 radical (unpaired) electrons. The molecule has 1 aliphatic heterocycles. The molecule has 0 atom stereocenters. The molecule has 4 rings (SSSR count). The number of aromatic nitrogens is 2. The molecular formula is C18H18N2O3. The Morgan fingerprint density at radius 3 is 2.74 bits per heavy atom. The van der Waals surface area contributed by atoms with Gasteiger partial charge in [0.15, 0.2) is 11.5 Å². The van der Waals surface area contributed by atoms with Crippen LogP contribution in [-0.2, 0) is 6.61 Å². The number of nitrogens with one attached hydrogen (secondary N) is 1. The second-order valence-corrected chi connectivity index (χ2v) is 5.68. The van der Waals surface area contributed by atoms with Crippen molar-refractivity contribution < 1.29 is 14.2 Å². The smallest absolute Gasteiger partial charge is 0.163 e. The monoisotopic (exact) mass is 310 g/mol. The van der Waals surface area contributed by atoms with Crippen LogP contribution in [0.2, 0.25) is 0 Å². The molecule has 1 N–H and O–H groups in total. The van der Waals surface area contributed by atoms with E-state index in [1.165, 1.54) is 5.56 Å². The fourth-order valence-corrected chi connectivity index (χ4v) is 2.69. The van der Waals surface area contributed by atoms with Crippen LogP contribution in [0.4, 0.5) is 0 Å². The number of fused-ring (bicyclic) bond motifs is 2. The lowest BCUT2D eigenvalue weighted by atomic mass is 10.1. The largest absolute Gasteiger partial charge is 0.486 e. The number of hydrogen-bond acceptors (Lipinski definition) is 4. The number of aryl methyl sites for hydroxylation is 1. The van der Waals surface area contributed by atoms with Crippen LogP contribution < -0.4 is 14.2 Å². The van der Waals surface area contributed by atoms with Gasteiger partial charge in [-0.3, -0.25) is 0 Å². The third kappa shape index (κ3) is 2.59. The maximum atomic E-state index is 5.90. The van der Waals surface area contributed by atoms with Crippen molar-refractivity contribution in [1.29, 1.82) is 0 Å². The van der Waals surface area contributed by atoms with Gasteiger partial charge in [0.25, 0.3) is 0 Å². The zero-order valence-electron chi connectivity index (χ0n) is 13.2. The van der Waals surface area contributed by atoms with Crippen LogP contribution >= 0.6 is 0 Å². The lowest BCUT2D eigenvalue weighted by Crippen LogP contribution is -2.15. The summed E-state index contributed by atoms with van der Waals surface area (Å²) >= 11 is 0. The average molecular weight is 310 g/mol. The first kappa shape index (κ1) is 13.9. The van der Waals surface area contributed by atoms with Gasteiger partial charge in [0.05, 0.1) is 11.0 Å². The van der Waals surface area contributed by atoms with Crippen LogP contribution in [0.25, 0.3) is 11.0 Å². The number of imidazole rings is 1. The molecule has 0 bridgehead atoms. The summed E-state index contributed by atoms with van der Waals surface area (Å²) in [5.74, 6) is 3.17. The Kier molecular flexibility index (Phi) is 3.33. The van der Waals surface area contributed by atoms with Crippen LogP contribution in [-0.4, -0.2) is 23.2 Å². The lowest BCUT2D eigenvalue weighted by Gasteiger charge is -2.17. The van der Waals surface area contributed by atoms with Gasteiger partial charge in [-0.2, -0.15) is 0 Å². The maximum absolute atomic E-state index is 5.90. The Morgan fingerprint density at radius 2 is 1.91 bits per heavy atom. The van der Waals surface area contributed by atoms with E-state index in [9.17, 15) is 0 Å². The quantitative estimate of drug-likeness (QED) is 0.804. The molecular weight excluding hydrogens is 292 g/mol. The molecule has 1 aliphatic rings. The Morgan fingerprint density at radius 1 is 1.13 bits per heavy atom. The van der Waals surface area contributed by atoms with Crippen molar-refractivity contribution in [2.24, 2.45) is 0 Å². The summed E-state index contributed by atoms with van der Waals surface area (Å²) in [4.78, 5) is 7.85. The van der Waals surface area contributed by atoms with E-state index in [-0.39, 0.29) is 0 Å². The normalized spacial score (nSPS) is 13.3. The standard InChI is InChI=1S/C18H18N2O3/c1-11-4-3-5-15(12(11)2)23-10-18-19-13-8-16-17(9-14(13)20-18)22-7-6-21-16/h3-5,8-9H,6-7,10H2,1-2H3,(H,19,20). The number of ether oxygens (including phenoxy) is 3. The highest BCUT2D eigenvalue weighted by Gasteiger charge is 2.15. The third-order valence-electron chi connectivity index (χ3n) is 4.11. The van der Waals surface area contributed by atoms with Crippen molar-refractivity contribution in [1.82, 2.24) is 9.97 Å². The highest BCUT2D eigenvalue weighted by Crippen LogP contribution is 2.33. The molecule has 0 amide bonds. The molecule has 3 aromatic rings. The van der Waals surface area contributed by atoms with Crippen molar-refractivity contribution in [3.8, 4) is 17.2 Å². The summed E-state index contributed by atoms with van der Waals surface area (Å²) in [5, 5.41) is 0. The number of rotatable bonds is 3. The first-order valence-corrected chi connectivity index (χ1v) is 7.68. The van der Waals surface area contributed by atoms with Gasteiger partial charge in [0, 0.05) is 12.1 Å². The van der Waals surface area contributed by atoms with E-state index in [2.05, 4.69) is 29.9 Å². The van der Waals surface area contributed by atoms with E-state index in [1.54, 1.807) is 0 Å². The minimum Gasteiger partial charge on any atom is -0.486 e. The van der Waals surface area contributed by atoms with E-state index in [4.69, 9.17) is 14.2 Å². The zero-order chi connectivity index (χ0) is 15.8. The summed E-state index contributed by atoms with van der Waals surface area (Å²) in [6.07, 6.45) is 0. The Hall–Kier alpha value is -2.69. The van der Waals surface area contributed by atoms with Gasteiger partial charge < -0.3 is 19.2 Å². The number of H-pyrrole nitrogens is 1. The minimum atomic E-state index is 0.394. The van der Waals surface area contributed by atoms with Crippen LogP contribution in [0.15, 0.2) is 30.3 Å². The van der Waals surface area contributed by atoms with Gasteiger partial charge in [-0.05, 0) is 31.0 Å². The van der Waals surface area contributed by atoms with Gasteiger partial charge in [0.1, 0.15) is 31.4 Å². The van der Waals surface area contributed by atoms with E-state index < -0.39 is 0 Å². The van der Waals surface area contributed by atoms with E-state index in [0.717, 1.165) is 39.7 Å². The molecule has 0 saturated heterocycles. The molecule has 2 heterocycles. The molecule has 2 aromatic carbocycles. The van der Waals surface area contributed by atoms with Gasteiger partial charge in [-0.15, -0.1) is 0 Å². The number of benzene rings is 2. The summed E-state index contributed by atoms with van der Waals surface area (Å²) < 4.78 is 17.1. The van der Waals surface area contributed by atoms with E-state index in [1.807, 2.05) is 24.3 Å². The summed E-state index contributed by atoms with van der Waals surface area (Å²) in [6, 6.07) is 9.89. The third-order valence-corrected chi connectivity index (χ3v) is 4.11. The highest BCUT2D eigenvalue weighted by molar-refractivity contribution is 5.79. The molecule has 5 heteroatoms. The SMILES string of the molecule is Cc1cccc(OCc2nc3cc4c(cc3[nH]2)OCCO4)c1C. The molecule has 0 saturated carbocycles. The van der Waals surface area contributed by atoms with Gasteiger partial charge in [-0.25, -0.2) is 4.98 Å². The van der Waals surface area contributed by atoms with Crippen LogP contribution in [0.3, 0.4) is 0 Å². The predicted octanol–water partition coefficient (Wildman–Crippen LogP) is 3.53. The van der Waals surface area contributed by atoms with Crippen molar-refractivity contribution in [2.45, 2.75) is 20.5 Å². The molecule has 23 heavy (non-hydrogen) atoms. The maximum Gasteiger partial charge on any atom is 0.163 e. The molecule has 0 fully saturated rings. The molecule has 5 nitrogen and oxygen atoms in total. The molecule has 0 unspecified atom stereocenters. The molecule has 1 aromatic heterocycles. The zero-order valence-corrected chi connectivity index (χ0v) is 13.2. The number of aromatic amines is 1. The van der Waals surface area contributed by atoms with Crippen molar-refractivity contribution in [3.63, 3.8) is 0 Å². The summed E-state index contributed by atoms with van der Waals surface area (Å²) in [7, 11) is 0. The van der Waals surface area contributed by atoms with Gasteiger partial charge in [-0.1, -0.05) is 12.1 Å². The Labute approximate surface area is 134 Å². The first-order chi connectivity index (χ1) is 11.2. The van der Waals surface area contributed by atoms with Crippen LogP contribution in [0.5, 0.6) is 17.2 Å². The van der Waals surface area contributed by atoms with Crippen molar-refractivity contribution in [3.05, 3.63) is 47.3 Å². The number of hydrogen-bond donors (Lipinski definition) is 1. The van der Waals surface area contributed by atoms with Crippen molar-refractivity contribution >= 4 is 11.0 Å². The Bertz CT molecular complexity index is 827. The molecule has 0 spiro atoms. The van der Waals surface area contributed by atoms with Crippen molar-refractivity contribution in [2.75, 3.05) is 13.2 Å². The Balaban J connectivity index is 1.58. The van der Waals surface area contributed by atoms with E-state index in [0.29, 0.717) is 19.8 Å².